The highest BCUT2D eigenvalue weighted by Gasteiger charge is 2.42. The van der Waals surface area contributed by atoms with Gasteiger partial charge in [0.25, 0.3) is 0 Å². The van der Waals surface area contributed by atoms with Crippen molar-refractivity contribution < 1.29 is 9.47 Å². The summed E-state index contributed by atoms with van der Waals surface area (Å²) in [7, 11) is -0.471. The fourth-order valence-electron chi connectivity index (χ4n) is 7.55. The van der Waals surface area contributed by atoms with Crippen LogP contribution in [0.5, 0.6) is 11.5 Å². The molecule has 0 bridgehead atoms. The standard InChI is InChI=1S/C41H60O2Si2/c1-30(2)44(31(3)4,32(5)6)25-23-38(27-36-15-19-40(42-13)20-16-36)29-39(28-37-17-21-41(43-14)22-18-37)24-26-45(33(7)8,34(9)10)35(11)12/h15-22,30-35H,27-28H2,1-14H3. The molecule has 0 heterocycles. The second kappa shape index (κ2) is 17.1. The van der Waals surface area contributed by atoms with Gasteiger partial charge in [-0.05, 0) is 68.6 Å². The van der Waals surface area contributed by atoms with E-state index < -0.39 is 16.1 Å². The van der Waals surface area contributed by atoms with Crippen LogP contribution < -0.4 is 9.47 Å². The number of rotatable bonds is 12. The maximum absolute atomic E-state index is 5.44. The van der Waals surface area contributed by atoms with E-state index in [-0.39, 0.29) is 0 Å². The average molecular weight is 641 g/mol. The molecule has 0 N–H and O–H groups in total. The van der Waals surface area contributed by atoms with E-state index in [1.165, 1.54) is 11.1 Å². The van der Waals surface area contributed by atoms with E-state index in [1.807, 2.05) is 24.3 Å². The quantitative estimate of drug-likeness (QED) is 0.131. The molecule has 0 aliphatic heterocycles. The first-order valence-electron chi connectivity index (χ1n) is 16.9. The van der Waals surface area contributed by atoms with Crippen molar-refractivity contribution in [3.8, 4) is 34.4 Å². The largest absolute Gasteiger partial charge is 0.497 e. The highest BCUT2D eigenvalue weighted by Crippen LogP contribution is 2.42. The first kappa shape index (κ1) is 38.3. The lowest BCUT2D eigenvalue weighted by atomic mass is 10.0. The maximum Gasteiger partial charge on any atom is 0.146 e. The molecular weight excluding hydrogens is 581 g/mol. The molecule has 0 aliphatic rings. The Morgan fingerprint density at radius 1 is 0.489 bits per heavy atom. The fourth-order valence-corrected chi connectivity index (χ4v) is 18.0. The van der Waals surface area contributed by atoms with Gasteiger partial charge in [0.1, 0.15) is 27.6 Å². The Balaban J connectivity index is 2.97. The van der Waals surface area contributed by atoms with E-state index >= 15 is 0 Å². The highest BCUT2D eigenvalue weighted by atomic mass is 28.3. The normalized spacial score (nSPS) is 11.8. The van der Waals surface area contributed by atoms with E-state index in [0.29, 0.717) is 46.1 Å². The summed E-state index contributed by atoms with van der Waals surface area (Å²) in [6.07, 6.45) is 1.43. The topological polar surface area (TPSA) is 18.5 Å². The number of benzene rings is 2. The van der Waals surface area contributed by atoms with Gasteiger partial charge in [0.2, 0.25) is 0 Å². The summed E-state index contributed by atoms with van der Waals surface area (Å²) in [5.41, 5.74) is 19.6. The summed E-state index contributed by atoms with van der Waals surface area (Å²) < 4.78 is 10.9. The first-order valence-corrected chi connectivity index (χ1v) is 21.4. The van der Waals surface area contributed by atoms with Crippen molar-refractivity contribution in [2.24, 2.45) is 0 Å². The number of hydrogen-bond acceptors (Lipinski definition) is 2. The van der Waals surface area contributed by atoms with Gasteiger partial charge in [-0.1, -0.05) is 125 Å². The van der Waals surface area contributed by atoms with E-state index in [9.17, 15) is 0 Å². The molecule has 0 atom stereocenters. The van der Waals surface area contributed by atoms with E-state index in [4.69, 9.17) is 9.47 Å². The molecule has 0 saturated heterocycles. The third-order valence-electron chi connectivity index (χ3n) is 9.97. The van der Waals surface area contributed by atoms with Gasteiger partial charge in [-0.2, -0.15) is 0 Å². The molecule has 0 radical (unpaired) electrons. The molecule has 2 aromatic carbocycles. The SMILES string of the molecule is COc1ccc(CC(=C=C(C#C[Si](C(C)C)(C(C)C)C(C)C)Cc2ccc(OC)cc2)C#C[Si](C(C)C)(C(C)C)C(C)C)cc1. The first-order chi connectivity index (χ1) is 21.1. The van der Waals surface area contributed by atoms with Crippen molar-refractivity contribution in [1.29, 1.82) is 0 Å². The van der Waals surface area contributed by atoms with E-state index in [2.05, 4.69) is 136 Å². The van der Waals surface area contributed by atoms with Gasteiger partial charge in [0.05, 0.1) is 14.2 Å². The lowest BCUT2D eigenvalue weighted by molar-refractivity contribution is 0.414. The Kier molecular flexibility index (Phi) is 14.6. The molecule has 2 nitrogen and oxygen atoms in total. The highest BCUT2D eigenvalue weighted by molar-refractivity contribution is 6.91. The van der Waals surface area contributed by atoms with Crippen LogP contribution in [0.4, 0.5) is 0 Å². The summed E-state index contributed by atoms with van der Waals surface area (Å²) in [6, 6.07) is 16.7. The summed E-state index contributed by atoms with van der Waals surface area (Å²) in [5.74, 6) is 9.26. The molecule has 0 amide bonds. The minimum absolute atomic E-state index is 0.560. The number of hydrogen-bond donors (Lipinski definition) is 0. The molecular formula is C41H60O2Si2. The second-order valence-corrected chi connectivity index (χ2v) is 25.6. The van der Waals surface area contributed by atoms with Crippen molar-refractivity contribution in [2.45, 2.75) is 129 Å². The van der Waals surface area contributed by atoms with E-state index in [0.717, 1.165) is 22.6 Å². The molecule has 4 heteroatoms. The third kappa shape index (κ3) is 9.56. The van der Waals surface area contributed by atoms with Gasteiger partial charge < -0.3 is 9.47 Å². The van der Waals surface area contributed by atoms with Crippen LogP contribution in [-0.4, -0.2) is 30.4 Å². The van der Waals surface area contributed by atoms with Gasteiger partial charge in [0.15, 0.2) is 0 Å². The summed E-state index contributed by atoms with van der Waals surface area (Å²) in [6.45, 7) is 28.5. The Labute approximate surface area is 279 Å². The monoisotopic (exact) mass is 640 g/mol. The van der Waals surface area contributed by atoms with Gasteiger partial charge >= 0.3 is 0 Å². The molecule has 45 heavy (non-hydrogen) atoms. The summed E-state index contributed by atoms with van der Waals surface area (Å²) >= 11 is 0. The third-order valence-corrected chi connectivity index (χ3v) is 22.6. The molecule has 0 aliphatic carbocycles. The Morgan fingerprint density at radius 2 is 0.756 bits per heavy atom. The molecule has 2 rings (SSSR count). The number of ether oxygens (including phenoxy) is 2. The van der Waals surface area contributed by atoms with Gasteiger partial charge in [-0.25, -0.2) is 0 Å². The summed E-state index contributed by atoms with van der Waals surface area (Å²) in [5, 5.41) is 0. The number of methoxy groups -OCH3 is 2. The van der Waals surface area contributed by atoms with Crippen molar-refractivity contribution in [1.82, 2.24) is 0 Å². The zero-order chi connectivity index (χ0) is 33.9. The Hall–Kier alpha value is -2.89. The average Bonchev–Trinajstić information content (AvgIpc) is 2.97. The molecule has 0 unspecified atom stereocenters. The molecule has 0 saturated carbocycles. The zero-order valence-corrected chi connectivity index (χ0v) is 32.8. The van der Waals surface area contributed by atoms with Crippen molar-refractivity contribution in [2.75, 3.05) is 14.2 Å². The molecule has 2 aromatic rings. The van der Waals surface area contributed by atoms with Crippen LogP contribution in [0.3, 0.4) is 0 Å². The van der Waals surface area contributed by atoms with Crippen LogP contribution >= 0.6 is 0 Å². The van der Waals surface area contributed by atoms with Gasteiger partial charge in [-0.15, -0.1) is 11.1 Å². The van der Waals surface area contributed by atoms with Crippen LogP contribution in [0, 0.1) is 22.9 Å². The number of allylic oxidation sites excluding steroid dienone is 1. The van der Waals surface area contributed by atoms with Crippen LogP contribution in [0.15, 0.2) is 65.4 Å². The predicted molar refractivity (Wildman–Crippen MR) is 202 cm³/mol. The Morgan fingerprint density at radius 3 is 0.978 bits per heavy atom. The molecule has 0 aromatic heterocycles. The van der Waals surface area contributed by atoms with Gasteiger partial charge in [-0.3, -0.25) is 0 Å². The predicted octanol–water partition coefficient (Wildman–Crippen LogP) is 11.4. The van der Waals surface area contributed by atoms with Crippen LogP contribution in [0.2, 0.25) is 33.2 Å². The van der Waals surface area contributed by atoms with Crippen molar-refractivity contribution in [3.05, 3.63) is 76.5 Å². The zero-order valence-electron chi connectivity index (χ0n) is 30.8. The second-order valence-electron chi connectivity index (χ2n) is 14.4. The van der Waals surface area contributed by atoms with Crippen molar-refractivity contribution in [3.63, 3.8) is 0 Å². The van der Waals surface area contributed by atoms with Gasteiger partial charge in [0, 0.05) is 24.0 Å². The lowest BCUT2D eigenvalue weighted by Crippen LogP contribution is -2.43. The minimum atomic E-state index is -1.95. The smallest absolute Gasteiger partial charge is 0.146 e. The Bertz CT molecular complexity index is 1260. The van der Waals surface area contributed by atoms with Crippen molar-refractivity contribution >= 4 is 16.1 Å². The maximum atomic E-state index is 5.44. The van der Waals surface area contributed by atoms with Crippen LogP contribution in [-0.2, 0) is 12.8 Å². The van der Waals surface area contributed by atoms with E-state index in [1.54, 1.807) is 14.2 Å². The molecule has 244 valence electrons. The van der Waals surface area contributed by atoms with Crippen LogP contribution in [0.1, 0.15) is 94.2 Å². The molecule has 0 spiro atoms. The lowest BCUT2D eigenvalue weighted by Gasteiger charge is -2.38. The molecule has 0 fully saturated rings. The minimum Gasteiger partial charge on any atom is -0.497 e. The van der Waals surface area contributed by atoms with Crippen LogP contribution in [0.25, 0.3) is 0 Å². The fraction of sp³-hybridized carbons (Fsp3) is 0.537. The summed E-state index contributed by atoms with van der Waals surface area (Å²) in [4.78, 5) is 0.